The van der Waals surface area contributed by atoms with Crippen LogP contribution in [0.2, 0.25) is 0 Å². The molecule has 0 bridgehead atoms. The molecule has 0 saturated carbocycles. The molecule has 12 heteroatoms. The van der Waals surface area contributed by atoms with E-state index in [9.17, 15) is 24.5 Å². The Kier molecular flexibility index (Phi) is 13.7. The second-order valence-electron chi connectivity index (χ2n) is 9.11. The van der Waals surface area contributed by atoms with E-state index in [4.69, 9.17) is 14.2 Å². The van der Waals surface area contributed by atoms with Crippen molar-refractivity contribution in [3.05, 3.63) is 27.8 Å². The number of carbonyl (C=O) groups excluding carboxylic acids is 3. The van der Waals surface area contributed by atoms with Crippen LogP contribution in [0, 0.1) is 10.1 Å². The van der Waals surface area contributed by atoms with Gasteiger partial charge in [0.1, 0.15) is 6.10 Å². The number of rotatable bonds is 18. The van der Waals surface area contributed by atoms with Crippen molar-refractivity contribution < 1.29 is 38.4 Å². The minimum absolute atomic E-state index is 0.0424. The number of imide groups is 1. The van der Waals surface area contributed by atoms with E-state index in [0.717, 1.165) is 25.0 Å². The minimum Gasteiger partial charge on any atom is -0.493 e. The highest BCUT2D eigenvalue weighted by molar-refractivity contribution is 7.80. The monoisotopic (exact) mass is 554 g/mol. The molecular weight excluding hydrogens is 516 g/mol. The third-order valence-electron chi connectivity index (χ3n) is 6.20. The maximum Gasteiger partial charge on any atom is 0.534 e. The second kappa shape index (κ2) is 16.7. The number of hydrogen-bond donors (Lipinski definition) is 1. The number of benzene rings is 1. The number of thiol groups is 1. The summed E-state index contributed by atoms with van der Waals surface area (Å²) in [4.78, 5) is 51.1. The average molecular weight is 555 g/mol. The zero-order chi connectivity index (χ0) is 27.9. The van der Waals surface area contributed by atoms with Gasteiger partial charge in [0.25, 0.3) is 17.5 Å². The number of ether oxygens (including phenoxy) is 3. The summed E-state index contributed by atoms with van der Waals surface area (Å²) >= 11 is 4.23. The van der Waals surface area contributed by atoms with E-state index in [0.29, 0.717) is 11.7 Å². The summed E-state index contributed by atoms with van der Waals surface area (Å²) in [6.07, 6.45) is 8.95. The van der Waals surface area contributed by atoms with Crippen molar-refractivity contribution in [1.82, 2.24) is 5.06 Å². The largest absolute Gasteiger partial charge is 0.534 e. The molecule has 0 N–H and O–H groups in total. The quantitative estimate of drug-likeness (QED) is 0.0571. The normalized spacial score (nSPS) is 13.9. The SMILES string of the molecule is COc1cc(C(C)OC(=O)ON2C(=O)CCC2=O)c([N+](=O)[O-])cc1OCCCCCCCCCCCCS. The first kappa shape index (κ1) is 31.2. The molecule has 11 nitrogen and oxygen atoms in total. The molecule has 1 atom stereocenters. The van der Waals surface area contributed by atoms with Gasteiger partial charge in [-0.15, -0.1) is 0 Å². The molecule has 2 amide bonds. The fourth-order valence-corrected chi connectivity index (χ4v) is 4.32. The summed E-state index contributed by atoms with van der Waals surface area (Å²) in [6, 6.07) is 2.61. The Morgan fingerprint density at radius 1 is 0.974 bits per heavy atom. The molecule has 0 spiro atoms. The lowest BCUT2D eigenvalue weighted by molar-refractivity contribution is -0.386. The molecule has 0 radical (unpaired) electrons. The smallest absolute Gasteiger partial charge is 0.493 e. The van der Waals surface area contributed by atoms with Gasteiger partial charge in [-0.1, -0.05) is 56.4 Å². The van der Waals surface area contributed by atoms with Gasteiger partial charge in [-0.2, -0.15) is 12.6 Å². The Morgan fingerprint density at radius 3 is 2.05 bits per heavy atom. The summed E-state index contributed by atoms with van der Waals surface area (Å²) in [5, 5.41) is 12.1. The maximum atomic E-state index is 12.1. The van der Waals surface area contributed by atoms with Gasteiger partial charge < -0.3 is 14.2 Å². The third-order valence-corrected chi connectivity index (χ3v) is 6.52. The molecular formula is C26H38N2O9S. The lowest BCUT2D eigenvalue weighted by Crippen LogP contribution is -2.32. The molecule has 2 rings (SSSR count). The fraction of sp³-hybridized carbons (Fsp3) is 0.654. The van der Waals surface area contributed by atoms with E-state index in [1.165, 1.54) is 71.1 Å². The van der Waals surface area contributed by atoms with Gasteiger partial charge in [0.15, 0.2) is 11.5 Å². The third kappa shape index (κ3) is 10.0. The molecule has 0 aromatic heterocycles. The topological polar surface area (TPSA) is 135 Å². The highest BCUT2D eigenvalue weighted by Gasteiger charge is 2.34. The Labute approximate surface area is 228 Å². The van der Waals surface area contributed by atoms with Crippen LogP contribution in [0.1, 0.15) is 95.6 Å². The van der Waals surface area contributed by atoms with Crippen LogP contribution in [-0.4, -0.2) is 47.4 Å². The van der Waals surface area contributed by atoms with E-state index in [1.807, 2.05) is 0 Å². The molecule has 1 aromatic carbocycles. The van der Waals surface area contributed by atoms with E-state index in [1.54, 1.807) is 0 Å². The maximum absolute atomic E-state index is 12.1. The van der Waals surface area contributed by atoms with Crippen molar-refractivity contribution in [2.45, 2.75) is 90.1 Å². The lowest BCUT2D eigenvalue weighted by Gasteiger charge is -2.18. The summed E-state index contributed by atoms with van der Waals surface area (Å²) in [5.41, 5.74) is -0.287. The highest BCUT2D eigenvalue weighted by Crippen LogP contribution is 2.38. The van der Waals surface area contributed by atoms with Gasteiger partial charge >= 0.3 is 6.16 Å². The molecule has 1 heterocycles. The Bertz CT molecular complexity index is 941. The molecule has 1 aliphatic heterocycles. The molecule has 1 unspecified atom stereocenters. The molecule has 212 valence electrons. The highest BCUT2D eigenvalue weighted by atomic mass is 32.1. The van der Waals surface area contributed by atoms with Gasteiger partial charge in [0.05, 0.1) is 30.3 Å². The average Bonchev–Trinajstić information content (AvgIpc) is 3.20. The van der Waals surface area contributed by atoms with E-state index in [2.05, 4.69) is 17.5 Å². The zero-order valence-corrected chi connectivity index (χ0v) is 23.0. The van der Waals surface area contributed by atoms with Crippen LogP contribution < -0.4 is 9.47 Å². The number of hydroxylamine groups is 2. The number of nitrogens with zero attached hydrogens (tertiary/aromatic N) is 2. The molecule has 1 fully saturated rings. The van der Waals surface area contributed by atoms with Crippen LogP contribution in [0.4, 0.5) is 10.5 Å². The van der Waals surface area contributed by atoms with Crippen molar-refractivity contribution in [2.75, 3.05) is 19.5 Å². The fourth-order valence-electron chi connectivity index (χ4n) is 4.09. The summed E-state index contributed by atoms with van der Waals surface area (Å²) in [5.74, 6) is 0.0978. The summed E-state index contributed by atoms with van der Waals surface area (Å²) in [7, 11) is 1.40. The van der Waals surface area contributed by atoms with Crippen LogP contribution in [-0.2, 0) is 19.2 Å². The number of methoxy groups -OCH3 is 1. The summed E-state index contributed by atoms with van der Waals surface area (Å²) < 4.78 is 16.2. The van der Waals surface area contributed by atoms with Gasteiger partial charge in [0, 0.05) is 12.8 Å². The van der Waals surface area contributed by atoms with Crippen molar-refractivity contribution in [3.63, 3.8) is 0 Å². The van der Waals surface area contributed by atoms with Crippen molar-refractivity contribution in [2.24, 2.45) is 0 Å². The van der Waals surface area contributed by atoms with Crippen molar-refractivity contribution in [3.8, 4) is 11.5 Å². The Balaban J connectivity index is 1.85. The van der Waals surface area contributed by atoms with Gasteiger partial charge in [-0.25, -0.2) is 4.79 Å². The second-order valence-corrected chi connectivity index (χ2v) is 9.56. The number of unbranched alkanes of at least 4 members (excludes halogenated alkanes) is 9. The molecule has 1 aromatic rings. The number of nitro benzene ring substituents is 1. The van der Waals surface area contributed by atoms with E-state index < -0.39 is 29.0 Å². The molecule has 38 heavy (non-hydrogen) atoms. The number of nitro groups is 1. The number of amides is 2. The number of carbonyl (C=O) groups is 3. The first-order chi connectivity index (χ1) is 18.3. The first-order valence-electron chi connectivity index (χ1n) is 13.1. The van der Waals surface area contributed by atoms with Crippen LogP contribution in [0.25, 0.3) is 0 Å². The number of hydrogen-bond acceptors (Lipinski definition) is 10. The molecule has 1 saturated heterocycles. The van der Waals surface area contributed by atoms with Gasteiger partial charge in [-0.05, 0) is 31.6 Å². The predicted octanol–water partition coefficient (Wildman–Crippen LogP) is 6.09. The van der Waals surface area contributed by atoms with Crippen molar-refractivity contribution >= 4 is 36.3 Å². The standard InChI is InChI=1S/C26H38N2O9S/c1-19(36-26(31)37-27-24(29)13-14-25(27)30)20-17-22(34-2)23(18-21(20)28(32)33)35-15-11-9-7-5-3-4-6-8-10-12-16-38/h17-19,38H,3-16H2,1-2H3. The minimum atomic E-state index is -1.33. The molecule has 0 aliphatic carbocycles. The van der Waals surface area contributed by atoms with Gasteiger partial charge in [0.2, 0.25) is 0 Å². The van der Waals surface area contributed by atoms with Crippen LogP contribution in [0.5, 0.6) is 11.5 Å². The Morgan fingerprint density at radius 2 is 1.53 bits per heavy atom. The lowest BCUT2D eigenvalue weighted by atomic mass is 10.1. The van der Waals surface area contributed by atoms with E-state index >= 15 is 0 Å². The van der Waals surface area contributed by atoms with Crippen LogP contribution in [0.3, 0.4) is 0 Å². The zero-order valence-electron chi connectivity index (χ0n) is 22.1. The van der Waals surface area contributed by atoms with Gasteiger partial charge in [-0.3, -0.25) is 24.5 Å². The summed E-state index contributed by atoms with van der Waals surface area (Å²) in [6.45, 7) is 1.78. The van der Waals surface area contributed by atoms with Crippen molar-refractivity contribution in [1.29, 1.82) is 0 Å². The predicted molar refractivity (Wildman–Crippen MR) is 142 cm³/mol. The van der Waals surface area contributed by atoms with Crippen LogP contribution in [0.15, 0.2) is 12.1 Å². The van der Waals surface area contributed by atoms with Crippen LogP contribution >= 0.6 is 12.6 Å². The first-order valence-corrected chi connectivity index (χ1v) is 13.8. The molecule has 1 aliphatic rings. The van der Waals surface area contributed by atoms with E-state index in [-0.39, 0.29) is 35.6 Å². The Hall–Kier alpha value is -3.02.